The van der Waals surface area contributed by atoms with Crippen LogP contribution >= 0.6 is 11.8 Å². The number of esters is 1. The number of ether oxygens (including phenoxy) is 1. The van der Waals surface area contributed by atoms with E-state index in [0.29, 0.717) is 0 Å². The Hall–Kier alpha value is -1.48. The van der Waals surface area contributed by atoms with Crippen LogP contribution in [0.25, 0.3) is 10.8 Å². The molecule has 0 aromatic heterocycles. The normalized spacial score (nSPS) is 30.0. The summed E-state index contributed by atoms with van der Waals surface area (Å²) in [6, 6.07) is 12.6. The van der Waals surface area contributed by atoms with Crippen LogP contribution in [0.3, 0.4) is 0 Å². The molecule has 2 aromatic rings. The van der Waals surface area contributed by atoms with Gasteiger partial charge in [0.2, 0.25) is 0 Å². The zero-order valence-corrected chi connectivity index (χ0v) is 18.3. The number of thioether (sulfide) groups is 1. The van der Waals surface area contributed by atoms with Gasteiger partial charge in [-0.1, -0.05) is 44.0 Å². The Morgan fingerprint density at radius 2 is 1.62 bits per heavy atom. The number of hydrogen-bond acceptors (Lipinski definition) is 3. The lowest BCUT2D eigenvalue weighted by molar-refractivity contribution is -0.161. The molecule has 4 aliphatic carbocycles. The third-order valence-corrected chi connectivity index (χ3v) is 8.68. The fourth-order valence-corrected chi connectivity index (χ4v) is 7.63. The molecule has 0 atom stereocenters. The van der Waals surface area contributed by atoms with E-state index in [2.05, 4.69) is 37.3 Å². The van der Waals surface area contributed by atoms with E-state index in [1.807, 2.05) is 17.8 Å². The second-order valence-electron chi connectivity index (χ2n) is 9.75. The van der Waals surface area contributed by atoms with Gasteiger partial charge in [0.25, 0.3) is 0 Å². The summed E-state index contributed by atoms with van der Waals surface area (Å²) in [4.78, 5) is 14.7. The van der Waals surface area contributed by atoms with Crippen molar-refractivity contribution in [2.24, 2.45) is 23.2 Å². The summed E-state index contributed by atoms with van der Waals surface area (Å²) in [6.45, 7) is 2.24. The van der Waals surface area contributed by atoms with Crippen LogP contribution in [0.5, 0.6) is 5.75 Å². The number of carbonyl (C=O) groups excluding carboxylic acids is 1. The van der Waals surface area contributed by atoms with E-state index in [1.54, 1.807) is 0 Å². The van der Waals surface area contributed by atoms with Gasteiger partial charge in [-0.3, -0.25) is 4.79 Å². The Kier molecular flexibility index (Phi) is 5.36. The number of rotatable bonds is 7. The maximum atomic E-state index is 13.4. The molecular weight excluding hydrogens is 376 g/mol. The fraction of sp³-hybridized carbons (Fsp3) is 0.577. The second kappa shape index (κ2) is 7.98. The van der Waals surface area contributed by atoms with Crippen LogP contribution < -0.4 is 4.74 Å². The van der Waals surface area contributed by atoms with E-state index in [9.17, 15) is 4.79 Å². The highest BCUT2D eigenvalue weighted by Crippen LogP contribution is 2.60. The maximum absolute atomic E-state index is 13.4. The van der Waals surface area contributed by atoms with Gasteiger partial charge in [-0.25, -0.2) is 0 Å². The van der Waals surface area contributed by atoms with Crippen molar-refractivity contribution >= 4 is 28.5 Å². The molecule has 6 rings (SSSR count). The summed E-state index contributed by atoms with van der Waals surface area (Å²) >= 11 is 1.92. The molecule has 0 aliphatic heterocycles. The van der Waals surface area contributed by atoms with Crippen molar-refractivity contribution in [2.45, 2.75) is 69.6 Å². The molecule has 2 nitrogen and oxygen atoms in total. The minimum atomic E-state index is -0.205. The molecule has 0 amide bonds. The van der Waals surface area contributed by atoms with Crippen LogP contribution in [0.4, 0.5) is 0 Å². The van der Waals surface area contributed by atoms with Gasteiger partial charge in [-0.05, 0) is 86.0 Å². The van der Waals surface area contributed by atoms with Crippen molar-refractivity contribution in [3.05, 3.63) is 36.4 Å². The van der Waals surface area contributed by atoms with Crippen molar-refractivity contribution in [1.82, 2.24) is 0 Å². The molecule has 4 aliphatic rings. The van der Waals surface area contributed by atoms with Crippen molar-refractivity contribution in [3.8, 4) is 5.75 Å². The van der Waals surface area contributed by atoms with E-state index in [4.69, 9.17) is 4.74 Å². The van der Waals surface area contributed by atoms with Crippen LogP contribution in [0.15, 0.2) is 41.3 Å². The average Bonchev–Trinajstić information content (AvgIpc) is 2.71. The number of hydrogen-bond donors (Lipinski definition) is 0. The molecule has 154 valence electrons. The summed E-state index contributed by atoms with van der Waals surface area (Å²) in [7, 11) is 0. The van der Waals surface area contributed by atoms with Crippen molar-refractivity contribution < 1.29 is 9.53 Å². The minimum absolute atomic E-state index is 0.0464. The first-order chi connectivity index (χ1) is 14.2. The molecule has 29 heavy (non-hydrogen) atoms. The zero-order valence-electron chi connectivity index (χ0n) is 17.5. The predicted molar refractivity (Wildman–Crippen MR) is 120 cm³/mol. The van der Waals surface area contributed by atoms with E-state index < -0.39 is 0 Å². The molecule has 2 aromatic carbocycles. The summed E-state index contributed by atoms with van der Waals surface area (Å²) < 4.78 is 6.16. The van der Waals surface area contributed by atoms with Crippen LogP contribution in [-0.4, -0.2) is 11.7 Å². The van der Waals surface area contributed by atoms with Gasteiger partial charge in [-0.15, -0.1) is 11.8 Å². The molecule has 3 heteroatoms. The Balaban J connectivity index is 1.37. The smallest absolute Gasteiger partial charge is 0.317 e. The molecular formula is C26H32O2S. The van der Waals surface area contributed by atoms with Crippen LogP contribution in [-0.2, 0) is 4.79 Å². The van der Waals surface area contributed by atoms with E-state index in [0.717, 1.165) is 53.9 Å². The van der Waals surface area contributed by atoms with Gasteiger partial charge < -0.3 is 4.74 Å². The minimum Gasteiger partial charge on any atom is -0.425 e. The lowest BCUT2D eigenvalue weighted by Crippen LogP contribution is -2.51. The summed E-state index contributed by atoms with van der Waals surface area (Å²) in [5.74, 6) is 4.21. The van der Waals surface area contributed by atoms with Crippen LogP contribution in [0.2, 0.25) is 0 Å². The maximum Gasteiger partial charge on any atom is 0.317 e. The Labute approximate surface area is 178 Å². The highest BCUT2D eigenvalue weighted by atomic mass is 32.2. The molecule has 0 heterocycles. The summed E-state index contributed by atoms with van der Waals surface area (Å²) in [5, 5.41) is 2.29. The third kappa shape index (κ3) is 3.71. The average molecular weight is 409 g/mol. The molecule has 0 saturated heterocycles. The van der Waals surface area contributed by atoms with Gasteiger partial charge in [0.1, 0.15) is 5.75 Å². The van der Waals surface area contributed by atoms with Gasteiger partial charge in [-0.2, -0.15) is 0 Å². The highest BCUT2D eigenvalue weighted by Gasteiger charge is 2.55. The Bertz CT molecular complexity index is 867. The SMILES string of the molecule is CCCCCSc1ccc(OC(=O)C23CC4CC(CC(C4)C2)C3)c2ccccc12. The molecule has 0 unspecified atom stereocenters. The number of benzene rings is 2. The first kappa shape index (κ1) is 19.5. The number of fused-ring (bicyclic) bond motifs is 1. The lowest BCUT2D eigenvalue weighted by Gasteiger charge is -2.55. The van der Waals surface area contributed by atoms with Crippen molar-refractivity contribution in [2.75, 3.05) is 5.75 Å². The summed E-state index contributed by atoms with van der Waals surface area (Å²) in [5.41, 5.74) is -0.205. The molecule has 0 spiro atoms. The van der Waals surface area contributed by atoms with Gasteiger partial charge in [0.15, 0.2) is 0 Å². The largest absolute Gasteiger partial charge is 0.425 e. The Morgan fingerprint density at radius 1 is 0.966 bits per heavy atom. The van der Waals surface area contributed by atoms with E-state index in [-0.39, 0.29) is 11.4 Å². The quantitative estimate of drug-likeness (QED) is 0.209. The predicted octanol–water partition coefficient (Wildman–Crippen LogP) is 7.24. The highest BCUT2D eigenvalue weighted by molar-refractivity contribution is 7.99. The molecule has 0 N–H and O–H groups in total. The van der Waals surface area contributed by atoms with Crippen LogP contribution in [0, 0.1) is 23.2 Å². The molecule has 4 saturated carbocycles. The number of unbranched alkanes of at least 4 members (excludes halogenated alkanes) is 2. The fourth-order valence-electron chi connectivity index (χ4n) is 6.56. The zero-order chi connectivity index (χ0) is 19.8. The van der Waals surface area contributed by atoms with Gasteiger partial charge >= 0.3 is 5.97 Å². The molecule has 4 bridgehead atoms. The first-order valence-electron chi connectivity index (χ1n) is 11.5. The lowest BCUT2D eigenvalue weighted by atomic mass is 9.49. The number of carbonyl (C=O) groups is 1. The summed E-state index contributed by atoms with van der Waals surface area (Å²) in [6.07, 6.45) is 11.0. The van der Waals surface area contributed by atoms with E-state index >= 15 is 0 Å². The second-order valence-corrected chi connectivity index (χ2v) is 10.9. The monoisotopic (exact) mass is 408 g/mol. The topological polar surface area (TPSA) is 26.3 Å². The van der Waals surface area contributed by atoms with Crippen LogP contribution in [0.1, 0.15) is 64.7 Å². The Morgan fingerprint density at radius 3 is 2.28 bits per heavy atom. The van der Waals surface area contributed by atoms with Gasteiger partial charge in [0, 0.05) is 10.3 Å². The molecule has 0 radical (unpaired) electrons. The standard InChI is InChI=1S/C26H32O2S/c1-2-3-6-11-29-24-10-9-23(21-7-4-5-8-22(21)24)28-25(27)26-15-18-12-19(16-26)14-20(13-18)17-26/h4-5,7-10,18-20H,2-3,6,11-17H2,1H3. The molecule has 4 fully saturated rings. The van der Waals surface area contributed by atoms with Gasteiger partial charge in [0.05, 0.1) is 5.41 Å². The third-order valence-electron chi connectivity index (χ3n) is 7.52. The first-order valence-corrected chi connectivity index (χ1v) is 12.5. The van der Waals surface area contributed by atoms with Crippen molar-refractivity contribution in [1.29, 1.82) is 0 Å². The van der Waals surface area contributed by atoms with E-state index in [1.165, 1.54) is 48.8 Å². The van der Waals surface area contributed by atoms with Crippen molar-refractivity contribution in [3.63, 3.8) is 0 Å².